The van der Waals surface area contributed by atoms with E-state index in [1.54, 1.807) is 25.1 Å². The minimum absolute atomic E-state index is 0.0881. The highest BCUT2D eigenvalue weighted by Gasteiger charge is 2.51. The number of anilines is 2. The Morgan fingerprint density at radius 2 is 1.74 bits per heavy atom. The Labute approximate surface area is 223 Å². The van der Waals surface area contributed by atoms with E-state index in [9.17, 15) is 13.2 Å². The second kappa shape index (κ2) is 9.84. The van der Waals surface area contributed by atoms with Crippen LogP contribution in [-0.2, 0) is 26.8 Å². The lowest BCUT2D eigenvalue weighted by Crippen LogP contribution is -2.43. The van der Waals surface area contributed by atoms with Gasteiger partial charge >= 0.3 is 0 Å². The fourth-order valence-electron chi connectivity index (χ4n) is 4.10. The maximum absolute atomic E-state index is 14.0. The van der Waals surface area contributed by atoms with Gasteiger partial charge in [0.25, 0.3) is 15.9 Å². The molecule has 12 heteroatoms. The van der Waals surface area contributed by atoms with Crippen LogP contribution in [0.1, 0.15) is 12.5 Å². The van der Waals surface area contributed by atoms with Crippen molar-refractivity contribution in [3.8, 4) is 0 Å². The lowest BCUT2D eigenvalue weighted by molar-refractivity contribution is -0.124. The van der Waals surface area contributed by atoms with E-state index >= 15 is 0 Å². The van der Waals surface area contributed by atoms with Crippen molar-refractivity contribution in [2.45, 2.75) is 23.9 Å². The molecule has 0 saturated carbocycles. The van der Waals surface area contributed by atoms with Gasteiger partial charge in [0, 0.05) is 34.0 Å². The first-order valence-electron chi connectivity index (χ1n) is 10.7. The highest BCUT2D eigenvalue weighted by Crippen LogP contribution is 2.44. The molecule has 35 heavy (non-hydrogen) atoms. The van der Waals surface area contributed by atoms with Crippen molar-refractivity contribution >= 4 is 66.7 Å². The molecular formula is C23H24BrCl2N5O3S. The van der Waals surface area contributed by atoms with E-state index in [1.165, 1.54) is 15.7 Å². The highest BCUT2D eigenvalue weighted by atomic mass is 79.9. The summed E-state index contributed by atoms with van der Waals surface area (Å²) in [5.41, 5.74) is -0.0120. The second-order valence-corrected chi connectivity index (χ2v) is 12.3. The number of nitrogens with one attached hydrogen (secondary N) is 1. The fourth-order valence-corrected chi connectivity index (χ4v) is 6.10. The number of fused-ring (bicyclic) bond motifs is 1. The van der Waals surface area contributed by atoms with E-state index in [0.717, 1.165) is 10.0 Å². The molecule has 1 aliphatic heterocycles. The first-order valence-corrected chi connectivity index (χ1v) is 13.7. The lowest BCUT2D eigenvalue weighted by Gasteiger charge is -2.26. The van der Waals surface area contributed by atoms with Gasteiger partial charge < -0.3 is 4.90 Å². The van der Waals surface area contributed by atoms with Gasteiger partial charge in [-0.1, -0.05) is 51.3 Å². The van der Waals surface area contributed by atoms with Gasteiger partial charge in [-0.25, -0.2) is 23.0 Å². The Kier molecular flexibility index (Phi) is 7.34. The van der Waals surface area contributed by atoms with Gasteiger partial charge in [-0.2, -0.15) is 0 Å². The summed E-state index contributed by atoms with van der Waals surface area (Å²) in [6, 6.07) is 12.3. The third-order valence-corrected chi connectivity index (χ3v) is 8.15. The Balaban J connectivity index is 1.85. The van der Waals surface area contributed by atoms with Crippen LogP contribution in [0.15, 0.2) is 58.2 Å². The standard InChI is InChI=1S/C23H24BrCl2N5O3S/c1-23(13-15-4-6-16(24)7-5-15)21(32)30(19-11-17(25)10-18(26)12-19)22-27-14-20(31(22)23)35(33,34)28-8-9-29(2)3/h4-7,10-12,14,28H,8-9,13H2,1-3H3. The van der Waals surface area contributed by atoms with E-state index in [-0.39, 0.29) is 29.8 Å². The number of hydrogen-bond donors (Lipinski definition) is 1. The Hall–Kier alpha value is -1.95. The maximum atomic E-state index is 14.0. The molecule has 0 bridgehead atoms. The molecule has 0 aliphatic carbocycles. The number of imidazole rings is 1. The molecular weight excluding hydrogens is 577 g/mol. The molecule has 2 heterocycles. The third-order valence-electron chi connectivity index (χ3n) is 5.76. The number of rotatable bonds is 8. The average Bonchev–Trinajstić information content (AvgIpc) is 3.28. The monoisotopic (exact) mass is 599 g/mol. The van der Waals surface area contributed by atoms with Crippen molar-refractivity contribution in [1.29, 1.82) is 0 Å². The van der Waals surface area contributed by atoms with Gasteiger partial charge in [-0.15, -0.1) is 0 Å². The molecule has 1 aliphatic rings. The molecule has 8 nitrogen and oxygen atoms in total. The average molecular weight is 601 g/mol. The summed E-state index contributed by atoms with van der Waals surface area (Å²) in [5, 5.41) is 0.603. The molecule has 186 valence electrons. The number of halogens is 3. The molecule has 1 aromatic heterocycles. The maximum Gasteiger partial charge on any atom is 0.260 e. The zero-order valence-corrected chi connectivity index (χ0v) is 23.2. The van der Waals surface area contributed by atoms with Crippen LogP contribution in [-0.4, -0.2) is 56.0 Å². The number of aromatic nitrogens is 2. The minimum atomic E-state index is -3.97. The van der Waals surface area contributed by atoms with Crippen LogP contribution in [0.4, 0.5) is 11.6 Å². The summed E-state index contributed by atoms with van der Waals surface area (Å²) in [7, 11) is -0.260. The van der Waals surface area contributed by atoms with Crippen LogP contribution < -0.4 is 9.62 Å². The van der Waals surface area contributed by atoms with Crippen molar-refractivity contribution < 1.29 is 13.2 Å². The smallest absolute Gasteiger partial charge is 0.260 e. The van der Waals surface area contributed by atoms with Crippen molar-refractivity contribution in [1.82, 2.24) is 19.2 Å². The molecule has 2 aromatic carbocycles. The van der Waals surface area contributed by atoms with Crippen LogP contribution in [0, 0.1) is 0 Å². The van der Waals surface area contributed by atoms with E-state index in [2.05, 4.69) is 25.6 Å². The molecule has 3 aromatic rings. The van der Waals surface area contributed by atoms with Crippen LogP contribution in [0.3, 0.4) is 0 Å². The first kappa shape index (κ1) is 26.1. The number of sulfonamides is 1. The molecule has 0 fully saturated rings. The molecule has 0 radical (unpaired) electrons. The zero-order chi connectivity index (χ0) is 25.5. The first-order chi connectivity index (χ1) is 16.4. The van der Waals surface area contributed by atoms with E-state index in [0.29, 0.717) is 22.3 Å². The second-order valence-electron chi connectivity index (χ2n) is 8.78. The van der Waals surface area contributed by atoms with E-state index in [4.69, 9.17) is 23.2 Å². The van der Waals surface area contributed by atoms with Crippen molar-refractivity contribution in [2.75, 3.05) is 32.1 Å². The van der Waals surface area contributed by atoms with Gasteiger partial charge in [-0.3, -0.25) is 9.36 Å². The number of likely N-dealkylation sites (N-methyl/N-ethyl adjacent to an activating group) is 1. The van der Waals surface area contributed by atoms with Crippen molar-refractivity contribution in [3.05, 3.63) is 68.7 Å². The van der Waals surface area contributed by atoms with Gasteiger partial charge in [0.05, 0.1) is 11.9 Å². The summed E-state index contributed by atoms with van der Waals surface area (Å²) in [6.45, 7) is 2.44. The van der Waals surface area contributed by atoms with Gasteiger partial charge in [-0.05, 0) is 56.9 Å². The van der Waals surface area contributed by atoms with Crippen LogP contribution >= 0.6 is 39.1 Å². The predicted molar refractivity (Wildman–Crippen MR) is 141 cm³/mol. The molecule has 4 rings (SSSR count). The normalized spacial score (nSPS) is 17.9. The Bertz CT molecular complexity index is 1360. The van der Waals surface area contributed by atoms with Crippen LogP contribution in [0.25, 0.3) is 0 Å². The molecule has 0 spiro atoms. The molecule has 1 unspecified atom stereocenters. The Morgan fingerprint density at radius 3 is 2.34 bits per heavy atom. The van der Waals surface area contributed by atoms with E-state index in [1.807, 2.05) is 43.3 Å². The largest absolute Gasteiger partial charge is 0.308 e. The van der Waals surface area contributed by atoms with Gasteiger partial charge in [0.1, 0.15) is 5.54 Å². The van der Waals surface area contributed by atoms with Crippen LogP contribution in [0.2, 0.25) is 10.0 Å². The van der Waals surface area contributed by atoms with Gasteiger partial charge in [0.15, 0.2) is 5.03 Å². The third kappa shape index (κ3) is 5.14. The number of carbonyl (C=O) groups excluding carboxylic acids is 1. The number of hydrogen-bond acceptors (Lipinski definition) is 5. The number of benzene rings is 2. The van der Waals surface area contributed by atoms with Crippen LogP contribution in [0.5, 0.6) is 0 Å². The summed E-state index contributed by atoms with van der Waals surface area (Å²) in [5.74, 6) is -0.160. The van der Waals surface area contributed by atoms with Gasteiger partial charge in [0.2, 0.25) is 5.95 Å². The fraction of sp³-hybridized carbons (Fsp3) is 0.304. The number of nitrogens with zero attached hydrogens (tertiary/aromatic N) is 4. The minimum Gasteiger partial charge on any atom is -0.308 e. The topological polar surface area (TPSA) is 87.5 Å². The zero-order valence-electron chi connectivity index (χ0n) is 19.3. The summed E-state index contributed by atoms with van der Waals surface area (Å²) >= 11 is 15.9. The SMILES string of the molecule is CN(C)CCNS(=O)(=O)c1cnc2n1C(C)(Cc1ccc(Br)cc1)C(=O)N2c1cc(Cl)cc(Cl)c1. The molecule has 1 N–H and O–H groups in total. The number of amides is 1. The summed E-state index contributed by atoms with van der Waals surface area (Å²) < 4.78 is 31.6. The lowest BCUT2D eigenvalue weighted by atomic mass is 9.92. The predicted octanol–water partition coefficient (Wildman–Crippen LogP) is 4.43. The van der Waals surface area contributed by atoms with Crippen molar-refractivity contribution in [3.63, 3.8) is 0 Å². The number of carbonyl (C=O) groups is 1. The summed E-state index contributed by atoms with van der Waals surface area (Å²) in [4.78, 5) is 21.6. The summed E-state index contributed by atoms with van der Waals surface area (Å²) in [6.07, 6.45) is 1.52. The quantitative estimate of drug-likeness (QED) is 0.413. The van der Waals surface area contributed by atoms with Crippen molar-refractivity contribution in [2.24, 2.45) is 0 Å². The highest BCUT2D eigenvalue weighted by molar-refractivity contribution is 9.10. The molecule has 1 atom stereocenters. The van der Waals surface area contributed by atoms with E-state index < -0.39 is 15.6 Å². The Morgan fingerprint density at radius 1 is 1.11 bits per heavy atom. The molecule has 1 amide bonds. The molecule has 0 saturated heterocycles.